The molecule has 0 bridgehead atoms. The molecule has 0 aromatic heterocycles. The van der Waals surface area contributed by atoms with Crippen LogP contribution in [0.4, 0.5) is 0 Å². The van der Waals surface area contributed by atoms with Gasteiger partial charge in [0.25, 0.3) is 0 Å². The lowest BCUT2D eigenvalue weighted by atomic mass is 10.0. The van der Waals surface area contributed by atoms with E-state index in [-0.39, 0.29) is 12.4 Å². The first kappa shape index (κ1) is 13.0. The SMILES string of the molecule is COC(=O)CCc1ccccc1/C=C/C(=O)O. The fraction of sp³-hybridized carbons (Fsp3) is 0.231. The Kier molecular flexibility index (Phi) is 4.94. The number of carbonyl (C=O) groups is 2. The molecule has 1 rings (SSSR count). The molecule has 0 aliphatic heterocycles. The second-order valence-electron chi connectivity index (χ2n) is 3.45. The van der Waals surface area contributed by atoms with Crippen LogP contribution < -0.4 is 0 Å². The summed E-state index contributed by atoms with van der Waals surface area (Å²) in [6.45, 7) is 0. The van der Waals surface area contributed by atoms with Gasteiger partial charge in [-0.1, -0.05) is 24.3 Å². The number of carboxylic acid groups (broad SMARTS) is 1. The fourth-order valence-corrected chi connectivity index (χ4v) is 1.42. The lowest BCUT2D eigenvalue weighted by Gasteiger charge is -2.04. The normalized spacial score (nSPS) is 10.4. The van der Waals surface area contributed by atoms with Crippen LogP contribution in [0.3, 0.4) is 0 Å². The summed E-state index contributed by atoms with van der Waals surface area (Å²) >= 11 is 0. The van der Waals surface area contributed by atoms with Gasteiger partial charge in [-0.25, -0.2) is 4.79 Å². The summed E-state index contributed by atoms with van der Waals surface area (Å²) in [5, 5.41) is 8.56. The number of benzene rings is 1. The van der Waals surface area contributed by atoms with Crippen LogP contribution in [0.1, 0.15) is 17.5 Å². The molecule has 0 fully saturated rings. The van der Waals surface area contributed by atoms with E-state index in [9.17, 15) is 9.59 Å². The van der Waals surface area contributed by atoms with Crippen molar-refractivity contribution < 1.29 is 19.4 Å². The predicted molar refractivity (Wildman–Crippen MR) is 63.4 cm³/mol. The summed E-state index contributed by atoms with van der Waals surface area (Å²) in [6.07, 6.45) is 3.42. The minimum atomic E-state index is -0.993. The number of ether oxygens (including phenoxy) is 1. The van der Waals surface area contributed by atoms with Crippen molar-refractivity contribution >= 4 is 18.0 Å². The number of carboxylic acids is 1. The van der Waals surface area contributed by atoms with Gasteiger partial charge in [-0.15, -0.1) is 0 Å². The van der Waals surface area contributed by atoms with Gasteiger partial charge in [0.05, 0.1) is 7.11 Å². The van der Waals surface area contributed by atoms with Gasteiger partial charge in [-0.05, 0) is 23.6 Å². The van der Waals surface area contributed by atoms with Crippen LogP contribution in [0, 0.1) is 0 Å². The van der Waals surface area contributed by atoms with Gasteiger partial charge >= 0.3 is 11.9 Å². The largest absolute Gasteiger partial charge is 0.478 e. The Bertz CT molecular complexity index is 435. The van der Waals surface area contributed by atoms with E-state index in [0.717, 1.165) is 17.2 Å². The molecule has 0 amide bonds. The van der Waals surface area contributed by atoms with Crippen molar-refractivity contribution in [1.29, 1.82) is 0 Å². The molecule has 0 atom stereocenters. The minimum Gasteiger partial charge on any atom is -0.478 e. The quantitative estimate of drug-likeness (QED) is 0.624. The highest BCUT2D eigenvalue weighted by molar-refractivity contribution is 5.85. The van der Waals surface area contributed by atoms with Crippen molar-refractivity contribution in [3.05, 3.63) is 41.5 Å². The van der Waals surface area contributed by atoms with Gasteiger partial charge in [0.15, 0.2) is 0 Å². The Hall–Kier alpha value is -2.10. The highest BCUT2D eigenvalue weighted by Gasteiger charge is 2.04. The van der Waals surface area contributed by atoms with Crippen molar-refractivity contribution in [1.82, 2.24) is 0 Å². The van der Waals surface area contributed by atoms with E-state index in [1.54, 1.807) is 0 Å². The molecule has 1 N–H and O–H groups in total. The van der Waals surface area contributed by atoms with Crippen LogP contribution in [-0.2, 0) is 20.7 Å². The average molecular weight is 234 g/mol. The maximum atomic E-state index is 11.0. The monoisotopic (exact) mass is 234 g/mol. The molecular formula is C13H14O4. The third-order valence-corrected chi connectivity index (χ3v) is 2.29. The van der Waals surface area contributed by atoms with Crippen LogP contribution in [0.25, 0.3) is 6.08 Å². The topological polar surface area (TPSA) is 63.6 Å². The van der Waals surface area contributed by atoms with Crippen LogP contribution in [0.15, 0.2) is 30.3 Å². The molecule has 4 heteroatoms. The number of aliphatic carboxylic acids is 1. The zero-order chi connectivity index (χ0) is 12.7. The molecule has 90 valence electrons. The Morgan fingerprint density at radius 2 is 2.06 bits per heavy atom. The molecule has 4 nitrogen and oxygen atoms in total. The molecule has 0 saturated carbocycles. The second kappa shape index (κ2) is 6.48. The van der Waals surface area contributed by atoms with Crippen molar-refractivity contribution in [2.24, 2.45) is 0 Å². The number of esters is 1. The first-order chi connectivity index (χ1) is 8.13. The number of methoxy groups -OCH3 is 1. The third-order valence-electron chi connectivity index (χ3n) is 2.29. The molecule has 0 radical (unpaired) electrons. The number of carbonyl (C=O) groups excluding carboxylic acids is 1. The van der Waals surface area contributed by atoms with Crippen LogP contribution in [-0.4, -0.2) is 24.2 Å². The van der Waals surface area contributed by atoms with E-state index in [2.05, 4.69) is 4.74 Å². The van der Waals surface area contributed by atoms with E-state index in [4.69, 9.17) is 5.11 Å². The summed E-state index contributed by atoms with van der Waals surface area (Å²) in [5.74, 6) is -1.27. The maximum absolute atomic E-state index is 11.0. The number of hydrogen-bond donors (Lipinski definition) is 1. The summed E-state index contributed by atoms with van der Waals surface area (Å²) in [5.41, 5.74) is 1.73. The molecule has 0 unspecified atom stereocenters. The Balaban J connectivity index is 2.77. The van der Waals surface area contributed by atoms with Crippen LogP contribution in [0.5, 0.6) is 0 Å². The van der Waals surface area contributed by atoms with Gasteiger partial charge in [0.2, 0.25) is 0 Å². The molecule has 17 heavy (non-hydrogen) atoms. The molecule has 0 heterocycles. The van der Waals surface area contributed by atoms with Crippen molar-refractivity contribution in [3.63, 3.8) is 0 Å². The zero-order valence-electron chi connectivity index (χ0n) is 9.55. The summed E-state index contributed by atoms with van der Waals surface area (Å²) in [7, 11) is 1.35. The molecule has 0 aliphatic rings. The van der Waals surface area contributed by atoms with E-state index in [1.807, 2.05) is 24.3 Å². The highest BCUT2D eigenvalue weighted by atomic mass is 16.5. The molecule has 0 saturated heterocycles. The first-order valence-electron chi connectivity index (χ1n) is 5.19. The summed E-state index contributed by atoms with van der Waals surface area (Å²) in [6, 6.07) is 7.35. The van der Waals surface area contributed by atoms with E-state index in [0.29, 0.717) is 6.42 Å². The molecular weight excluding hydrogens is 220 g/mol. The lowest BCUT2D eigenvalue weighted by Crippen LogP contribution is -2.02. The maximum Gasteiger partial charge on any atom is 0.328 e. The number of aryl methyl sites for hydroxylation is 1. The molecule has 1 aromatic rings. The average Bonchev–Trinajstić information content (AvgIpc) is 2.34. The van der Waals surface area contributed by atoms with E-state index in [1.165, 1.54) is 13.2 Å². The fourth-order valence-electron chi connectivity index (χ4n) is 1.42. The Morgan fingerprint density at radius 3 is 2.71 bits per heavy atom. The van der Waals surface area contributed by atoms with Crippen LogP contribution >= 0.6 is 0 Å². The first-order valence-corrected chi connectivity index (χ1v) is 5.19. The van der Waals surface area contributed by atoms with Gasteiger partial charge in [-0.3, -0.25) is 4.79 Å². The number of hydrogen-bond acceptors (Lipinski definition) is 3. The lowest BCUT2D eigenvalue weighted by molar-refractivity contribution is -0.140. The summed E-state index contributed by atoms with van der Waals surface area (Å²) in [4.78, 5) is 21.5. The van der Waals surface area contributed by atoms with Crippen LogP contribution in [0.2, 0.25) is 0 Å². The van der Waals surface area contributed by atoms with Crippen molar-refractivity contribution in [2.45, 2.75) is 12.8 Å². The smallest absolute Gasteiger partial charge is 0.328 e. The number of rotatable bonds is 5. The highest BCUT2D eigenvalue weighted by Crippen LogP contribution is 2.13. The van der Waals surface area contributed by atoms with Gasteiger partial charge in [0, 0.05) is 12.5 Å². The molecule has 0 aliphatic carbocycles. The molecule has 0 spiro atoms. The summed E-state index contributed by atoms with van der Waals surface area (Å²) < 4.78 is 4.56. The predicted octanol–water partition coefficient (Wildman–Crippen LogP) is 1.89. The Labute approximate surface area is 99.5 Å². The van der Waals surface area contributed by atoms with Gasteiger partial charge in [-0.2, -0.15) is 0 Å². The van der Waals surface area contributed by atoms with Gasteiger partial charge < -0.3 is 9.84 Å². The second-order valence-corrected chi connectivity index (χ2v) is 3.45. The molecule has 1 aromatic carbocycles. The van der Waals surface area contributed by atoms with Crippen molar-refractivity contribution in [2.75, 3.05) is 7.11 Å². The van der Waals surface area contributed by atoms with E-state index < -0.39 is 5.97 Å². The third kappa shape index (κ3) is 4.51. The minimum absolute atomic E-state index is 0.276. The standard InChI is InChI=1S/C13H14O4/c1-17-13(16)9-7-11-5-3-2-4-10(11)6-8-12(14)15/h2-6,8H,7,9H2,1H3,(H,14,15)/b8-6+. The Morgan fingerprint density at radius 1 is 1.35 bits per heavy atom. The van der Waals surface area contributed by atoms with Gasteiger partial charge in [0.1, 0.15) is 0 Å². The van der Waals surface area contributed by atoms with Crippen molar-refractivity contribution in [3.8, 4) is 0 Å². The zero-order valence-corrected chi connectivity index (χ0v) is 9.55. The van der Waals surface area contributed by atoms with E-state index >= 15 is 0 Å².